The second-order valence-corrected chi connectivity index (χ2v) is 4.41. The maximum Gasteiger partial charge on any atom is 0.289 e. The third-order valence-corrected chi connectivity index (χ3v) is 2.37. The average molecular weight is 248 g/mol. The Hall–Kier alpha value is -2.13. The number of nitriles is 1. The summed E-state index contributed by atoms with van der Waals surface area (Å²) in [5.74, 6) is 0. The van der Waals surface area contributed by atoms with E-state index in [1.165, 1.54) is 12.1 Å². The lowest BCUT2D eigenvalue weighted by atomic mass is 10.1. The van der Waals surface area contributed by atoms with Crippen molar-refractivity contribution in [2.75, 3.05) is 26.0 Å². The van der Waals surface area contributed by atoms with Crippen LogP contribution in [0.4, 0.5) is 11.4 Å². The monoisotopic (exact) mass is 248 g/mol. The maximum atomic E-state index is 10.8. The van der Waals surface area contributed by atoms with Crippen molar-refractivity contribution < 1.29 is 4.92 Å². The van der Waals surface area contributed by atoms with E-state index in [1.54, 1.807) is 6.07 Å². The quantitative estimate of drug-likeness (QED) is 0.635. The summed E-state index contributed by atoms with van der Waals surface area (Å²) in [5, 5.41) is 22.8. The van der Waals surface area contributed by atoms with Crippen molar-refractivity contribution >= 4 is 11.4 Å². The summed E-state index contributed by atoms with van der Waals surface area (Å²) in [6.45, 7) is 2.80. The highest BCUT2D eigenvalue weighted by Crippen LogP contribution is 2.22. The van der Waals surface area contributed by atoms with E-state index in [0.717, 1.165) is 6.54 Å². The van der Waals surface area contributed by atoms with Crippen LogP contribution in [0.15, 0.2) is 18.2 Å². The van der Waals surface area contributed by atoms with Gasteiger partial charge < -0.3 is 10.2 Å². The molecular weight excluding hydrogens is 232 g/mol. The van der Waals surface area contributed by atoms with E-state index >= 15 is 0 Å². The van der Waals surface area contributed by atoms with E-state index in [1.807, 2.05) is 32.0 Å². The Morgan fingerprint density at radius 3 is 2.72 bits per heavy atom. The van der Waals surface area contributed by atoms with Gasteiger partial charge in [-0.05, 0) is 33.2 Å². The normalized spacial score (nSPS) is 11.9. The predicted octanol–water partition coefficient (Wildman–Crippen LogP) is 1.83. The molecule has 6 nitrogen and oxygen atoms in total. The molecule has 1 atom stereocenters. The molecule has 0 spiro atoms. The lowest BCUT2D eigenvalue weighted by Crippen LogP contribution is -2.29. The summed E-state index contributed by atoms with van der Waals surface area (Å²) < 4.78 is 0. The maximum absolute atomic E-state index is 10.8. The van der Waals surface area contributed by atoms with Crippen molar-refractivity contribution in [1.29, 1.82) is 5.26 Å². The van der Waals surface area contributed by atoms with Crippen molar-refractivity contribution in [2.24, 2.45) is 0 Å². The minimum atomic E-state index is -0.541. The number of rotatable bonds is 5. The van der Waals surface area contributed by atoms with Gasteiger partial charge in [-0.1, -0.05) is 0 Å². The summed E-state index contributed by atoms with van der Waals surface area (Å²) in [6, 6.07) is 6.50. The largest absolute Gasteiger partial charge is 0.381 e. The Bertz CT molecular complexity index is 479. The molecule has 6 heteroatoms. The zero-order valence-corrected chi connectivity index (χ0v) is 10.7. The molecule has 1 aromatic carbocycles. The number of likely N-dealkylation sites (N-methyl/N-ethyl adjacent to an activating group) is 1. The molecule has 0 saturated heterocycles. The van der Waals surface area contributed by atoms with Crippen LogP contribution in [-0.4, -0.2) is 36.5 Å². The Kier molecular flexibility index (Phi) is 4.63. The van der Waals surface area contributed by atoms with E-state index in [9.17, 15) is 10.1 Å². The van der Waals surface area contributed by atoms with E-state index in [2.05, 4.69) is 5.32 Å². The van der Waals surface area contributed by atoms with E-state index in [0.29, 0.717) is 5.69 Å². The van der Waals surface area contributed by atoms with Crippen molar-refractivity contribution in [3.63, 3.8) is 0 Å². The van der Waals surface area contributed by atoms with Crippen LogP contribution >= 0.6 is 0 Å². The van der Waals surface area contributed by atoms with Crippen molar-refractivity contribution in [3.8, 4) is 6.07 Å². The third-order valence-electron chi connectivity index (χ3n) is 2.37. The molecule has 0 fully saturated rings. The average Bonchev–Trinajstić information content (AvgIpc) is 2.27. The molecule has 0 aromatic heterocycles. The number of anilines is 1. The lowest BCUT2D eigenvalue weighted by molar-refractivity contribution is -0.385. The number of nitro groups is 1. The molecule has 1 aromatic rings. The molecule has 0 heterocycles. The minimum absolute atomic E-state index is 0.0748. The molecule has 1 rings (SSSR count). The molecule has 1 N–H and O–H groups in total. The van der Waals surface area contributed by atoms with Gasteiger partial charge in [0.25, 0.3) is 5.69 Å². The van der Waals surface area contributed by atoms with Crippen molar-refractivity contribution in [3.05, 3.63) is 33.9 Å². The van der Waals surface area contributed by atoms with Gasteiger partial charge in [-0.15, -0.1) is 0 Å². The molecule has 0 bridgehead atoms. The van der Waals surface area contributed by atoms with E-state index in [-0.39, 0.29) is 17.3 Å². The van der Waals surface area contributed by atoms with Gasteiger partial charge in [0.1, 0.15) is 11.6 Å². The van der Waals surface area contributed by atoms with Gasteiger partial charge in [0, 0.05) is 24.3 Å². The first kappa shape index (κ1) is 13.9. The molecule has 0 amide bonds. The van der Waals surface area contributed by atoms with Gasteiger partial charge in [0.2, 0.25) is 0 Å². The molecule has 0 aliphatic carbocycles. The zero-order valence-electron chi connectivity index (χ0n) is 10.7. The SMILES string of the molecule is CC(CN(C)C)Nc1ccc(C#N)c([N+](=O)[O-])c1. The highest BCUT2D eigenvalue weighted by molar-refractivity contribution is 5.59. The minimum Gasteiger partial charge on any atom is -0.381 e. The van der Waals surface area contributed by atoms with Gasteiger partial charge in [-0.3, -0.25) is 10.1 Å². The van der Waals surface area contributed by atoms with E-state index in [4.69, 9.17) is 5.26 Å². The molecule has 96 valence electrons. The van der Waals surface area contributed by atoms with Gasteiger partial charge >= 0.3 is 0 Å². The Labute approximate surface area is 106 Å². The van der Waals surface area contributed by atoms with Gasteiger partial charge in [0.05, 0.1) is 4.92 Å². The van der Waals surface area contributed by atoms with E-state index < -0.39 is 4.92 Å². The number of benzene rings is 1. The van der Waals surface area contributed by atoms with Gasteiger partial charge in [0.15, 0.2) is 0 Å². The number of nitrogens with zero attached hydrogens (tertiary/aromatic N) is 3. The van der Waals surface area contributed by atoms with Gasteiger partial charge in [-0.2, -0.15) is 5.26 Å². The summed E-state index contributed by atoms with van der Waals surface area (Å²) >= 11 is 0. The van der Waals surface area contributed by atoms with Crippen molar-refractivity contribution in [1.82, 2.24) is 4.90 Å². The highest BCUT2D eigenvalue weighted by Gasteiger charge is 2.15. The van der Waals surface area contributed by atoms with Crippen LogP contribution in [0.3, 0.4) is 0 Å². The molecular formula is C12H16N4O2. The fourth-order valence-corrected chi connectivity index (χ4v) is 1.74. The molecule has 0 saturated carbocycles. The molecule has 0 aliphatic heterocycles. The number of nitrogens with one attached hydrogen (secondary N) is 1. The first-order valence-corrected chi connectivity index (χ1v) is 5.54. The lowest BCUT2D eigenvalue weighted by Gasteiger charge is -2.19. The van der Waals surface area contributed by atoms with Gasteiger partial charge in [-0.25, -0.2) is 0 Å². The number of hydrogen-bond donors (Lipinski definition) is 1. The number of nitro benzene ring substituents is 1. The second kappa shape index (κ2) is 5.98. The predicted molar refractivity (Wildman–Crippen MR) is 69.5 cm³/mol. The molecule has 18 heavy (non-hydrogen) atoms. The molecule has 0 aliphatic rings. The molecule has 0 radical (unpaired) electrons. The van der Waals surface area contributed by atoms with Crippen LogP contribution < -0.4 is 5.32 Å². The summed E-state index contributed by atoms with van der Waals surface area (Å²) in [6.07, 6.45) is 0. The third kappa shape index (κ3) is 3.71. The van der Waals surface area contributed by atoms with Crippen LogP contribution in [0.2, 0.25) is 0 Å². The van der Waals surface area contributed by atoms with Crippen LogP contribution in [0, 0.1) is 21.4 Å². The smallest absolute Gasteiger partial charge is 0.289 e. The summed E-state index contributed by atoms with van der Waals surface area (Å²) in [4.78, 5) is 12.3. The standard InChI is InChI=1S/C12H16N4O2/c1-9(8-15(2)3)14-11-5-4-10(7-13)12(6-11)16(17)18/h4-6,9,14H,8H2,1-3H3. The summed E-state index contributed by atoms with van der Waals surface area (Å²) in [7, 11) is 3.92. The van der Waals surface area contributed by atoms with Crippen molar-refractivity contribution in [2.45, 2.75) is 13.0 Å². The molecule has 1 unspecified atom stereocenters. The fourth-order valence-electron chi connectivity index (χ4n) is 1.74. The second-order valence-electron chi connectivity index (χ2n) is 4.41. The Morgan fingerprint density at radius 2 is 2.22 bits per heavy atom. The van der Waals surface area contributed by atoms with Crippen LogP contribution in [0.1, 0.15) is 12.5 Å². The van der Waals surface area contributed by atoms with Crippen LogP contribution in [0.25, 0.3) is 0 Å². The summed E-state index contributed by atoms with van der Waals surface area (Å²) in [5.41, 5.74) is 0.556. The number of hydrogen-bond acceptors (Lipinski definition) is 5. The highest BCUT2D eigenvalue weighted by atomic mass is 16.6. The first-order valence-electron chi connectivity index (χ1n) is 5.54. The Balaban J connectivity index is 2.89. The van der Waals surface area contributed by atoms with Crippen LogP contribution in [-0.2, 0) is 0 Å². The fraction of sp³-hybridized carbons (Fsp3) is 0.417. The zero-order chi connectivity index (χ0) is 13.7. The topological polar surface area (TPSA) is 82.2 Å². The van der Waals surface area contributed by atoms with Crippen LogP contribution in [0.5, 0.6) is 0 Å². The Morgan fingerprint density at radius 1 is 1.56 bits per heavy atom. The first-order chi connectivity index (χ1) is 8.43.